The Morgan fingerprint density at radius 2 is 2.17 bits per heavy atom. The van der Waals surface area contributed by atoms with Crippen molar-refractivity contribution in [3.63, 3.8) is 0 Å². The summed E-state index contributed by atoms with van der Waals surface area (Å²) in [6.07, 6.45) is 1.54. The van der Waals surface area contributed by atoms with Crippen LogP contribution in [0.1, 0.15) is 15.4 Å². The number of anilines is 1. The first-order valence-corrected chi connectivity index (χ1v) is 7.21. The minimum Gasteiger partial charge on any atom is -0.483 e. The van der Waals surface area contributed by atoms with Gasteiger partial charge < -0.3 is 9.52 Å². The van der Waals surface area contributed by atoms with Crippen molar-refractivity contribution < 1.29 is 19.1 Å². The molecule has 0 aliphatic heterocycles. The number of pyridine rings is 1. The Labute approximate surface area is 134 Å². The van der Waals surface area contributed by atoms with Crippen LogP contribution in [0.25, 0.3) is 11.5 Å². The second-order valence-corrected chi connectivity index (χ2v) is 5.25. The van der Waals surface area contributed by atoms with Crippen molar-refractivity contribution >= 4 is 29.7 Å². The van der Waals surface area contributed by atoms with Gasteiger partial charge in [0, 0.05) is 22.0 Å². The average Bonchev–Trinajstić information content (AvgIpc) is 3.18. The van der Waals surface area contributed by atoms with E-state index >= 15 is 0 Å². The molecule has 0 bridgehead atoms. The van der Waals surface area contributed by atoms with Gasteiger partial charge in [-0.25, -0.2) is 0 Å². The van der Waals surface area contributed by atoms with Gasteiger partial charge in [0.25, 0.3) is 18.3 Å². The van der Waals surface area contributed by atoms with Gasteiger partial charge in [-0.05, 0) is 25.1 Å². The van der Waals surface area contributed by atoms with Crippen LogP contribution in [0.15, 0.2) is 40.3 Å². The molecule has 0 spiro atoms. The summed E-state index contributed by atoms with van der Waals surface area (Å²) in [5, 5.41) is 19.0. The lowest BCUT2D eigenvalue weighted by atomic mass is 10.3. The second-order valence-electron chi connectivity index (χ2n) is 4.13. The molecule has 0 aromatic carbocycles. The van der Waals surface area contributed by atoms with Crippen LogP contribution in [0, 0.1) is 6.92 Å². The first kappa shape index (κ1) is 16.3. The van der Waals surface area contributed by atoms with Crippen molar-refractivity contribution in [2.45, 2.75) is 6.92 Å². The molecule has 0 atom stereocenters. The number of rotatable bonds is 3. The summed E-state index contributed by atoms with van der Waals surface area (Å²) in [5.41, 5.74) is 1.14. The van der Waals surface area contributed by atoms with E-state index in [0.29, 0.717) is 11.6 Å². The van der Waals surface area contributed by atoms with Gasteiger partial charge in [-0.3, -0.25) is 19.9 Å². The number of carbonyl (C=O) groups is 2. The topological polar surface area (TPSA) is 118 Å². The van der Waals surface area contributed by atoms with Crippen molar-refractivity contribution in [1.82, 2.24) is 15.2 Å². The Bertz CT molecular complexity index is 785. The van der Waals surface area contributed by atoms with E-state index in [1.54, 1.807) is 35.7 Å². The minimum atomic E-state index is -0.387. The van der Waals surface area contributed by atoms with Crippen LogP contribution in [0.3, 0.4) is 0 Å². The van der Waals surface area contributed by atoms with Crippen molar-refractivity contribution in [3.8, 4) is 11.5 Å². The summed E-state index contributed by atoms with van der Waals surface area (Å²) in [6.45, 7) is 1.74. The number of amides is 1. The quantitative estimate of drug-likeness (QED) is 0.707. The number of hydrogen-bond donors (Lipinski definition) is 2. The van der Waals surface area contributed by atoms with Crippen LogP contribution in [-0.4, -0.2) is 32.7 Å². The minimum absolute atomic E-state index is 0.0551. The molecule has 9 heteroatoms. The van der Waals surface area contributed by atoms with Crippen molar-refractivity contribution in [3.05, 3.63) is 46.4 Å². The number of nitrogens with zero attached hydrogens (tertiary/aromatic N) is 3. The maximum Gasteiger partial charge on any atom is 0.322 e. The second kappa shape index (κ2) is 7.80. The van der Waals surface area contributed by atoms with Crippen molar-refractivity contribution in [1.29, 1.82) is 0 Å². The molecule has 3 rings (SSSR count). The van der Waals surface area contributed by atoms with Gasteiger partial charge >= 0.3 is 6.01 Å². The van der Waals surface area contributed by atoms with Crippen molar-refractivity contribution in [2.24, 2.45) is 0 Å². The lowest BCUT2D eigenvalue weighted by Crippen LogP contribution is -2.13. The molecule has 0 fully saturated rings. The van der Waals surface area contributed by atoms with Crippen LogP contribution >= 0.6 is 11.3 Å². The molecule has 0 saturated heterocycles. The zero-order valence-electron chi connectivity index (χ0n) is 12.0. The zero-order valence-corrected chi connectivity index (χ0v) is 12.8. The van der Waals surface area contributed by atoms with Crippen LogP contribution in [0.2, 0.25) is 0 Å². The SMILES string of the molecule is Cc1cc(-c2nnc(NC(=O)c3ccccn3)o2)cs1.O=CO. The molecule has 0 unspecified atom stereocenters. The Balaban J connectivity index is 0.000000595. The molecule has 118 valence electrons. The number of thiophene rings is 1. The summed E-state index contributed by atoms with van der Waals surface area (Å²) < 4.78 is 5.40. The fourth-order valence-corrected chi connectivity index (χ4v) is 2.28. The number of nitrogens with one attached hydrogen (secondary N) is 1. The number of carbonyl (C=O) groups excluding carboxylic acids is 1. The van der Waals surface area contributed by atoms with Crippen LogP contribution in [0.5, 0.6) is 0 Å². The van der Waals surface area contributed by atoms with E-state index in [0.717, 1.165) is 10.4 Å². The molecule has 0 aliphatic rings. The highest BCUT2D eigenvalue weighted by Crippen LogP contribution is 2.25. The first-order chi connectivity index (χ1) is 11.1. The van der Waals surface area contributed by atoms with Gasteiger partial charge in [-0.1, -0.05) is 11.2 Å². The summed E-state index contributed by atoms with van der Waals surface area (Å²) in [5.74, 6) is -0.00651. The van der Waals surface area contributed by atoms with E-state index in [9.17, 15) is 4.79 Å². The molecular weight excluding hydrogens is 320 g/mol. The van der Waals surface area contributed by atoms with E-state index in [2.05, 4.69) is 20.5 Å². The molecule has 0 saturated carbocycles. The monoisotopic (exact) mass is 332 g/mol. The van der Waals surface area contributed by atoms with Gasteiger partial charge in [0.2, 0.25) is 0 Å². The molecule has 2 N–H and O–H groups in total. The highest BCUT2D eigenvalue weighted by molar-refractivity contribution is 7.10. The van der Waals surface area contributed by atoms with E-state index < -0.39 is 0 Å². The van der Waals surface area contributed by atoms with E-state index in [1.807, 2.05) is 18.4 Å². The fourth-order valence-electron chi connectivity index (χ4n) is 1.60. The van der Waals surface area contributed by atoms with Gasteiger partial charge in [0.1, 0.15) is 5.69 Å². The number of aromatic nitrogens is 3. The summed E-state index contributed by atoms with van der Waals surface area (Å²) in [4.78, 5) is 25.3. The molecular formula is C14H12N4O4S. The Morgan fingerprint density at radius 1 is 1.39 bits per heavy atom. The Morgan fingerprint density at radius 3 is 2.78 bits per heavy atom. The number of aryl methyl sites for hydroxylation is 1. The summed E-state index contributed by atoms with van der Waals surface area (Å²) >= 11 is 1.59. The lowest BCUT2D eigenvalue weighted by Gasteiger charge is -1.98. The van der Waals surface area contributed by atoms with Crippen LogP contribution in [-0.2, 0) is 4.79 Å². The predicted octanol–water partition coefficient (Wildman–Crippen LogP) is 2.45. The van der Waals surface area contributed by atoms with Crippen LogP contribution in [0.4, 0.5) is 6.01 Å². The van der Waals surface area contributed by atoms with Gasteiger partial charge in [-0.15, -0.1) is 16.4 Å². The molecule has 0 aliphatic carbocycles. The summed E-state index contributed by atoms with van der Waals surface area (Å²) in [6, 6.07) is 7.08. The Hall–Kier alpha value is -3.07. The largest absolute Gasteiger partial charge is 0.483 e. The molecule has 1 amide bonds. The lowest BCUT2D eigenvalue weighted by molar-refractivity contribution is -0.122. The van der Waals surface area contributed by atoms with Crippen molar-refractivity contribution in [2.75, 3.05) is 5.32 Å². The third-order valence-corrected chi connectivity index (χ3v) is 3.38. The molecule has 3 heterocycles. The number of hydrogen-bond acceptors (Lipinski definition) is 7. The highest BCUT2D eigenvalue weighted by atomic mass is 32.1. The third-order valence-electron chi connectivity index (χ3n) is 2.52. The molecule has 23 heavy (non-hydrogen) atoms. The van der Waals surface area contributed by atoms with E-state index in [-0.39, 0.29) is 18.4 Å². The predicted molar refractivity (Wildman–Crippen MR) is 83.2 cm³/mol. The fraction of sp³-hybridized carbons (Fsp3) is 0.0714. The number of carboxylic acid groups (broad SMARTS) is 1. The highest BCUT2D eigenvalue weighted by Gasteiger charge is 2.13. The van der Waals surface area contributed by atoms with E-state index in [1.165, 1.54) is 0 Å². The van der Waals surface area contributed by atoms with Gasteiger partial charge in [-0.2, -0.15) is 0 Å². The smallest absolute Gasteiger partial charge is 0.322 e. The zero-order chi connectivity index (χ0) is 16.7. The standard InChI is InChI=1S/C13H10N4O2S.CH2O2/c1-8-6-9(7-20-8)12-16-17-13(19-12)15-11(18)10-4-2-3-5-14-10;2-1-3/h2-7H,1H3,(H,15,17,18);1H,(H,2,3). The summed E-state index contributed by atoms with van der Waals surface area (Å²) in [7, 11) is 0. The molecule has 8 nitrogen and oxygen atoms in total. The van der Waals surface area contributed by atoms with Crippen LogP contribution < -0.4 is 5.32 Å². The normalized spacial score (nSPS) is 9.61. The maximum atomic E-state index is 11.9. The van der Waals surface area contributed by atoms with Gasteiger partial charge in [0.15, 0.2) is 0 Å². The molecule has 3 aromatic rings. The van der Waals surface area contributed by atoms with E-state index in [4.69, 9.17) is 14.3 Å². The third kappa shape index (κ3) is 4.45. The first-order valence-electron chi connectivity index (χ1n) is 6.33. The maximum absolute atomic E-state index is 11.9. The molecule has 3 aromatic heterocycles. The Kier molecular flexibility index (Phi) is 5.53. The van der Waals surface area contributed by atoms with Gasteiger partial charge in [0.05, 0.1) is 0 Å². The molecule has 0 radical (unpaired) electrons. The average molecular weight is 332 g/mol.